The number of thioether (sulfide) groups is 1. The zero-order valence-electron chi connectivity index (χ0n) is 34.8. The lowest BCUT2D eigenvalue weighted by molar-refractivity contribution is -0.153. The van der Waals surface area contributed by atoms with E-state index >= 15 is 0 Å². The Morgan fingerprint density at radius 3 is 2.22 bits per heavy atom. The molecule has 4 aliphatic rings. The fourth-order valence-corrected chi connectivity index (χ4v) is 11.4. The topological polar surface area (TPSA) is 161 Å². The van der Waals surface area contributed by atoms with Crippen molar-refractivity contribution in [3.8, 4) is 0 Å². The molecule has 4 aliphatic carbocycles. The minimum atomic E-state index is -0.748. The molecule has 12 heteroatoms. The summed E-state index contributed by atoms with van der Waals surface area (Å²) in [6, 6.07) is -0.748. The number of carbonyl (C=O) groups is 3. The summed E-state index contributed by atoms with van der Waals surface area (Å²) < 4.78 is 28.1. The van der Waals surface area contributed by atoms with Crippen LogP contribution in [0.25, 0.3) is 0 Å². The first-order chi connectivity index (χ1) is 26.3. The van der Waals surface area contributed by atoms with Gasteiger partial charge in [-0.05, 0) is 91.3 Å². The highest BCUT2D eigenvalue weighted by atomic mass is 32.2. The maximum Gasteiger partial charge on any atom is 0.308 e. The van der Waals surface area contributed by atoms with Crippen molar-refractivity contribution >= 4 is 29.5 Å². The monoisotopic (exact) mass is 794 g/mol. The van der Waals surface area contributed by atoms with E-state index in [-0.39, 0.29) is 35.6 Å². The van der Waals surface area contributed by atoms with Gasteiger partial charge in [0, 0.05) is 18.7 Å². The van der Waals surface area contributed by atoms with Crippen molar-refractivity contribution in [3.05, 3.63) is 11.6 Å². The molecule has 0 aromatic carbocycles. The first-order valence-electron chi connectivity index (χ1n) is 21.4. The number of hydrogen-bond acceptors (Lipinski definition) is 10. The molecule has 0 bridgehead atoms. The van der Waals surface area contributed by atoms with Crippen molar-refractivity contribution in [1.82, 2.24) is 5.32 Å². The summed E-state index contributed by atoms with van der Waals surface area (Å²) in [5, 5.41) is 2.74. The van der Waals surface area contributed by atoms with Crippen LogP contribution in [-0.2, 0) is 38.1 Å². The third-order valence-electron chi connectivity index (χ3n) is 13.6. The largest absolute Gasteiger partial charge is 0.462 e. The molecule has 0 aliphatic heterocycles. The van der Waals surface area contributed by atoms with Crippen LogP contribution < -0.4 is 16.8 Å². The van der Waals surface area contributed by atoms with Gasteiger partial charge in [-0.3, -0.25) is 14.4 Å². The number of nitrogens with two attached hydrogens (primary N) is 2. The second-order valence-electron chi connectivity index (χ2n) is 17.7. The molecular formula is C43H75N3O8S. The molecule has 5 N–H and O–H groups in total. The lowest BCUT2D eigenvalue weighted by Gasteiger charge is -2.58. The van der Waals surface area contributed by atoms with Gasteiger partial charge in [-0.15, -0.1) is 11.8 Å². The number of esters is 1. The van der Waals surface area contributed by atoms with E-state index in [4.69, 9.17) is 35.2 Å². The molecule has 4 unspecified atom stereocenters. The molecule has 3 saturated carbocycles. The molecule has 55 heavy (non-hydrogen) atoms. The Morgan fingerprint density at radius 2 is 1.55 bits per heavy atom. The fraction of sp³-hybridized carbons (Fsp3) is 0.884. The van der Waals surface area contributed by atoms with E-state index in [9.17, 15) is 14.4 Å². The van der Waals surface area contributed by atoms with Crippen molar-refractivity contribution in [2.45, 2.75) is 124 Å². The van der Waals surface area contributed by atoms with Crippen LogP contribution >= 0.6 is 11.8 Å². The molecule has 11 nitrogen and oxygen atoms in total. The summed E-state index contributed by atoms with van der Waals surface area (Å²) in [4.78, 5) is 35.4. The summed E-state index contributed by atoms with van der Waals surface area (Å²) in [7, 11) is 0. The first kappa shape index (κ1) is 46.0. The van der Waals surface area contributed by atoms with Crippen LogP contribution in [0.3, 0.4) is 0 Å². The Hall–Kier alpha value is -1.70. The van der Waals surface area contributed by atoms with Crippen LogP contribution in [0.2, 0.25) is 0 Å². The maximum atomic E-state index is 12.7. The summed E-state index contributed by atoms with van der Waals surface area (Å²) in [5.74, 6) is 4.59. The molecule has 3 fully saturated rings. The Labute approximate surface area is 336 Å². The average Bonchev–Trinajstić information content (AvgIpc) is 3.50. The third kappa shape index (κ3) is 13.7. The first-order valence-corrected chi connectivity index (χ1v) is 22.6. The van der Waals surface area contributed by atoms with Crippen LogP contribution in [0.4, 0.5) is 0 Å². The van der Waals surface area contributed by atoms with Gasteiger partial charge in [0.15, 0.2) is 0 Å². The highest BCUT2D eigenvalue weighted by Gasteiger charge is 2.59. The molecule has 2 amide bonds. The number of hydrogen-bond donors (Lipinski definition) is 3. The zero-order chi connectivity index (χ0) is 39.8. The number of nitrogens with one attached hydrogen (secondary N) is 1. The van der Waals surface area contributed by atoms with E-state index in [0.29, 0.717) is 70.6 Å². The standard InChI is InChI=1S/C43H75N3O8S/c1-30(2)7-6-8-31(3)35-11-12-36-34-10-9-32-27-33(13-16-42(32,4)37(34)14-17-43(35,36)5)54-40(48)15-19-50-21-23-52-25-26-53-24-22-51-20-18-46-39(47)29-55-28-38(44)41(45)49/h9,30-31,33-38H,6-8,10-29,44H2,1-5H3,(H2,45,49)(H,46,47)/t31-,33?,34?,35-,36?,37?,38+,42+,43-/m1/s1. The number of allylic oxidation sites excluding steroid dienone is 1. The van der Waals surface area contributed by atoms with Crippen LogP contribution in [0.5, 0.6) is 0 Å². The molecule has 0 radical (unpaired) electrons. The van der Waals surface area contributed by atoms with Gasteiger partial charge in [-0.1, -0.05) is 65.5 Å². The second-order valence-corrected chi connectivity index (χ2v) is 18.7. The van der Waals surface area contributed by atoms with E-state index < -0.39 is 11.9 Å². The van der Waals surface area contributed by atoms with Gasteiger partial charge in [0.25, 0.3) is 0 Å². The summed E-state index contributed by atoms with van der Waals surface area (Å²) in [6.07, 6.45) is 16.7. The van der Waals surface area contributed by atoms with Crippen LogP contribution in [0, 0.1) is 46.3 Å². The predicted molar refractivity (Wildman–Crippen MR) is 218 cm³/mol. The molecule has 9 atom stereocenters. The number of rotatable bonds is 26. The van der Waals surface area contributed by atoms with Gasteiger partial charge in [0.1, 0.15) is 6.10 Å². The number of primary amides is 1. The van der Waals surface area contributed by atoms with Gasteiger partial charge in [0.05, 0.1) is 71.1 Å². The van der Waals surface area contributed by atoms with E-state index in [1.807, 2.05) is 0 Å². The smallest absolute Gasteiger partial charge is 0.308 e. The second kappa shape index (κ2) is 23.0. The van der Waals surface area contributed by atoms with Gasteiger partial charge in [-0.25, -0.2) is 0 Å². The third-order valence-corrected chi connectivity index (χ3v) is 14.7. The van der Waals surface area contributed by atoms with Crippen LogP contribution in [0.1, 0.15) is 112 Å². The summed E-state index contributed by atoms with van der Waals surface area (Å²) in [6.45, 7) is 16.1. The zero-order valence-corrected chi connectivity index (χ0v) is 35.6. The fourth-order valence-electron chi connectivity index (χ4n) is 10.6. The molecule has 0 heterocycles. The molecule has 316 valence electrons. The van der Waals surface area contributed by atoms with Gasteiger partial charge in [-0.2, -0.15) is 0 Å². The van der Waals surface area contributed by atoms with Gasteiger partial charge in [0.2, 0.25) is 11.8 Å². The van der Waals surface area contributed by atoms with Crippen LogP contribution in [0.15, 0.2) is 11.6 Å². The predicted octanol–water partition coefficient (Wildman–Crippen LogP) is 6.06. The molecule has 0 aromatic rings. The van der Waals surface area contributed by atoms with Crippen molar-refractivity contribution in [3.63, 3.8) is 0 Å². The normalized spacial score (nSPS) is 29.8. The van der Waals surface area contributed by atoms with Crippen molar-refractivity contribution in [1.29, 1.82) is 0 Å². The van der Waals surface area contributed by atoms with Crippen molar-refractivity contribution < 1.29 is 38.1 Å². The number of amides is 2. The Morgan fingerprint density at radius 1 is 0.873 bits per heavy atom. The van der Waals surface area contributed by atoms with Crippen molar-refractivity contribution in [2.24, 2.45) is 57.8 Å². The van der Waals surface area contributed by atoms with E-state index in [1.54, 1.807) is 5.57 Å². The van der Waals surface area contributed by atoms with Gasteiger partial charge < -0.3 is 40.5 Å². The minimum Gasteiger partial charge on any atom is -0.462 e. The molecule has 0 spiro atoms. The van der Waals surface area contributed by atoms with Crippen LogP contribution in [-0.4, -0.2) is 101 Å². The summed E-state index contributed by atoms with van der Waals surface area (Å²) in [5.41, 5.74) is 12.9. The average molecular weight is 794 g/mol. The quantitative estimate of drug-likeness (QED) is 0.0534. The number of ether oxygens (including phenoxy) is 5. The number of carbonyl (C=O) groups excluding carboxylic acids is 3. The molecule has 4 rings (SSSR count). The van der Waals surface area contributed by atoms with Gasteiger partial charge >= 0.3 is 5.97 Å². The molecule has 0 aromatic heterocycles. The Bertz CT molecular complexity index is 1240. The lowest BCUT2D eigenvalue weighted by Crippen LogP contribution is -2.51. The van der Waals surface area contributed by atoms with E-state index in [2.05, 4.69) is 46.0 Å². The highest BCUT2D eigenvalue weighted by molar-refractivity contribution is 8.00. The Balaban J connectivity index is 1.00. The molecular weight excluding hydrogens is 719 g/mol. The molecule has 0 saturated heterocycles. The van der Waals surface area contributed by atoms with E-state index in [0.717, 1.165) is 54.8 Å². The maximum absolute atomic E-state index is 12.7. The SMILES string of the molecule is CC(C)CCC[C@@H](C)[C@H]1CCC2C3CC=C4CC(OC(=O)CCOCCOCCOCCOCCNC(=O)CSC[C@H](N)C(N)=O)CC[C@]4(C)C3CC[C@@]21C. The lowest BCUT2D eigenvalue weighted by atomic mass is 9.47. The van der Waals surface area contributed by atoms with E-state index in [1.165, 1.54) is 63.1 Å². The summed E-state index contributed by atoms with van der Waals surface area (Å²) >= 11 is 1.26. The van der Waals surface area contributed by atoms with Crippen molar-refractivity contribution in [2.75, 3.05) is 70.9 Å². The Kier molecular flexibility index (Phi) is 19.3. The number of fused-ring (bicyclic) bond motifs is 5. The highest BCUT2D eigenvalue weighted by Crippen LogP contribution is 2.67. The minimum absolute atomic E-state index is 0.0227.